The van der Waals surface area contributed by atoms with Crippen LogP contribution < -0.4 is 0 Å². The van der Waals surface area contributed by atoms with Gasteiger partial charge in [0.25, 0.3) is 0 Å². The van der Waals surface area contributed by atoms with Gasteiger partial charge in [0.1, 0.15) is 17.2 Å². The van der Waals surface area contributed by atoms with Crippen molar-refractivity contribution in [3.05, 3.63) is 58.4 Å². The van der Waals surface area contributed by atoms with Crippen molar-refractivity contribution >= 4 is 5.97 Å². The van der Waals surface area contributed by atoms with Gasteiger partial charge in [-0.1, -0.05) is 64.7 Å². The predicted molar refractivity (Wildman–Crippen MR) is 121 cm³/mol. The molecule has 2 aromatic rings. The third-order valence-corrected chi connectivity index (χ3v) is 7.06. The molecule has 0 radical (unpaired) electrons. The first-order valence-electron chi connectivity index (χ1n) is 12.1. The van der Waals surface area contributed by atoms with Gasteiger partial charge in [0.15, 0.2) is 17.5 Å². The van der Waals surface area contributed by atoms with Crippen molar-refractivity contribution in [2.75, 3.05) is 0 Å². The normalized spacial score (nSPS) is 18.3. The van der Waals surface area contributed by atoms with E-state index in [2.05, 4.69) is 6.92 Å². The molecule has 34 heavy (non-hydrogen) atoms. The summed E-state index contributed by atoms with van der Waals surface area (Å²) >= 11 is 0. The molecular weight excluding hydrogens is 451 g/mol. The van der Waals surface area contributed by atoms with Gasteiger partial charge in [0.2, 0.25) is 0 Å². The Morgan fingerprint density at radius 3 is 1.97 bits per heavy atom. The lowest BCUT2D eigenvalue weighted by Gasteiger charge is -2.29. The Kier molecular flexibility index (Phi) is 9.09. The Balaban J connectivity index is 1.78. The van der Waals surface area contributed by atoms with E-state index in [9.17, 15) is 27.5 Å². The zero-order valence-electron chi connectivity index (χ0n) is 19.4. The maximum Gasteiger partial charge on any atom is 0.341 e. The van der Waals surface area contributed by atoms with E-state index in [1.54, 1.807) is 0 Å². The first-order chi connectivity index (χ1) is 16.2. The van der Waals surface area contributed by atoms with Gasteiger partial charge in [-0.15, -0.1) is 0 Å². The van der Waals surface area contributed by atoms with Crippen LogP contribution in [0.2, 0.25) is 0 Å². The molecule has 0 heterocycles. The van der Waals surface area contributed by atoms with Crippen LogP contribution in [0.25, 0.3) is 11.1 Å². The molecule has 0 spiro atoms. The minimum absolute atomic E-state index is 0.0914. The van der Waals surface area contributed by atoms with Crippen LogP contribution >= 0.6 is 0 Å². The first-order valence-corrected chi connectivity index (χ1v) is 12.1. The minimum atomic E-state index is -1.76. The molecular formula is C27H31F5O2. The maximum atomic E-state index is 15.1. The van der Waals surface area contributed by atoms with Crippen LogP contribution in [-0.2, 0) is 6.42 Å². The summed E-state index contributed by atoms with van der Waals surface area (Å²) in [5.74, 6) is -8.02. The summed E-state index contributed by atoms with van der Waals surface area (Å²) in [6, 6.07) is 2.10. The number of unbranched alkanes of at least 4 members (excludes halogenated alkanes) is 3. The van der Waals surface area contributed by atoms with Crippen molar-refractivity contribution in [3.8, 4) is 11.1 Å². The Bertz CT molecular complexity index is 990. The van der Waals surface area contributed by atoms with E-state index in [1.807, 2.05) is 0 Å². The number of halogens is 5. The van der Waals surface area contributed by atoms with E-state index in [-0.39, 0.29) is 23.1 Å². The van der Waals surface area contributed by atoms with Crippen LogP contribution in [0.5, 0.6) is 0 Å². The standard InChI is InChI=1S/C27H31F5O2/c1-2-3-4-5-6-16-7-9-17(10-8-16)11-12-19-20(15-21(28)24(25(19)31)27(33)34)18-13-22(29)26(32)23(30)14-18/h13-17H,2-12H2,1H3,(H,33,34). The Morgan fingerprint density at radius 2 is 1.41 bits per heavy atom. The fraction of sp³-hybridized carbons (Fsp3) is 0.519. The van der Waals surface area contributed by atoms with Crippen LogP contribution in [0.15, 0.2) is 18.2 Å². The summed E-state index contributed by atoms with van der Waals surface area (Å²) in [7, 11) is 0. The zero-order chi connectivity index (χ0) is 24.8. The highest BCUT2D eigenvalue weighted by Gasteiger charge is 2.27. The van der Waals surface area contributed by atoms with E-state index in [0.29, 0.717) is 30.4 Å². The summed E-state index contributed by atoms with van der Waals surface area (Å²) in [5, 5.41) is 9.26. The van der Waals surface area contributed by atoms with Crippen LogP contribution in [0.3, 0.4) is 0 Å². The molecule has 1 N–H and O–H groups in total. The highest BCUT2D eigenvalue weighted by atomic mass is 19.2. The second kappa shape index (κ2) is 11.8. The Hall–Kier alpha value is -2.44. The quantitative estimate of drug-likeness (QED) is 0.210. The number of carbonyl (C=O) groups is 1. The van der Waals surface area contributed by atoms with Crippen molar-refractivity contribution < 1.29 is 31.9 Å². The molecule has 7 heteroatoms. The Labute approximate surface area is 197 Å². The number of benzene rings is 2. The van der Waals surface area contributed by atoms with E-state index in [0.717, 1.165) is 31.7 Å². The molecule has 0 aromatic heterocycles. The third kappa shape index (κ3) is 6.16. The lowest BCUT2D eigenvalue weighted by Crippen LogP contribution is -2.16. The molecule has 1 saturated carbocycles. The van der Waals surface area contributed by atoms with Crippen molar-refractivity contribution in [1.29, 1.82) is 0 Å². The summed E-state index contributed by atoms with van der Waals surface area (Å²) < 4.78 is 70.6. The average Bonchev–Trinajstić information content (AvgIpc) is 2.79. The molecule has 186 valence electrons. The predicted octanol–water partition coefficient (Wildman–Crippen LogP) is 8.46. The number of aromatic carboxylic acids is 1. The van der Waals surface area contributed by atoms with Gasteiger partial charge in [0, 0.05) is 0 Å². The molecule has 0 unspecified atom stereocenters. The van der Waals surface area contributed by atoms with E-state index < -0.39 is 40.6 Å². The van der Waals surface area contributed by atoms with Crippen LogP contribution in [0.4, 0.5) is 22.0 Å². The third-order valence-electron chi connectivity index (χ3n) is 7.06. The lowest BCUT2D eigenvalue weighted by atomic mass is 9.77. The molecule has 0 bridgehead atoms. The van der Waals surface area contributed by atoms with Crippen molar-refractivity contribution in [2.45, 2.75) is 77.6 Å². The molecule has 0 aliphatic heterocycles. The molecule has 0 amide bonds. The minimum Gasteiger partial charge on any atom is -0.477 e. The molecule has 3 rings (SSSR count). The fourth-order valence-corrected chi connectivity index (χ4v) is 5.09. The summed E-state index contributed by atoms with van der Waals surface area (Å²) in [6.45, 7) is 2.18. The molecule has 1 aliphatic carbocycles. The number of hydrogen-bond acceptors (Lipinski definition) is 1. The van der Waals surface area contributed by atoms with Gasteiger partial charge in [-0.3, -0.25) is 0 Å². The molecule has 0 saturated heterocycles. The van der Waals surface area contributed by atoms with Crippen molar-refractivity contribution in [2.24, 2.45) is 11.8 Å². The molecule has 1 fully saturated rings. The number of rotatable bonds is 10. The van der Waals surface area contributed by atoms with Gasteiger partial charge < -0.3 is 5.11 Å². The Morgan fingerprint density at radius 1 is 0.824 bits per heavy atom. The monoisotopic (exact) mass is 482 g/mol. The second-order valence-electron chi connectivity index (χ2n) is 9.41. The number of hydrogen-bond donors (Lipinski definition) is 1. The van der Waals surface area contributed by atoms with Gasteiger partial charge in [-0.25, -0.2) is 26.7 Å². The second-order valence-corrected chi connectivity index (χ2v) is 9.41. The highest BCUT2D eigenvalue weighted by Crippen LogP contribution is 2.37. The molecule has 2 aromatic carbocycles. The van der Waals surface area contributed by atoms with Crippen LogP contribution in [0, 0.1) is 40.9 Å². The SMILES string of the molecule is CCCCCCC1CCC(CCc2c(-c3cc(F)c(F)c(F)c3)cc(F)c(C(=O)O)c2F)CC1. The van der Waals surface area contributed by atoms with Gasteiger partial charge >= 0.3 is 5.97 Å². The van der Waals surface area contributed by atoms with Crippen LogP contribution in [0.1, 0.15) is 87.1 Å². The largest absolute Gasteiger partial charge is 0.477 e. The molecule has 0 atom stereocenters. The van der Waals surface area contributed by atoms with Gasteiger partial charge in [0.05, 0.1) is 0 Å². The fourth-order valence-electron chi connectivity index (χ4n) is 5.09. The van der Waals surface area contributed by atoms with Gasteiger partial charge in [-0.05, 0) is 59.6 Å². The smallest absolute Gasteiger partial charge is 0.341 e. The van der Waals surface area contributed by atoms with E-state index in [4.69, 9.17) is 0 Å². The maximum absolute atomic E-state index is 15.1. The molecule has 2 nitrogen and oxygen atoms in total. The van der Waals surface area contributed by atoms with Crippen molar-refractivity contribution in [3.63, 3.8) is 0 Å². The topological polar surface area (TPSA) is 37.3 Å². The lowest BCUT2D eigenvalue weighted by molar-refractivity contribution is 0.0686. The van der Waals surface area contributed by atoms with Crippen molar-refractivity contribution in [1.82, 2.24) is 0 Å². The zero-order valence-corrected chi connectivity index (χ0v) is 19.4. The van der Waals surface area contributed by atoms with Gasteiger partial charge in [-0.2, -0.15) is 0 Å². The first kappa shape index (κ1) is 26.2. The summed E-state index contributed by atoms with van der Waals surface area (Å²) in [4.78, 5) is 11.4. The highest BCUT2D eigenvalue weighted by molar-refractivity contribution is 5.90. The van der Waals surface area contributed by atoms with Crippen LogP contribution in [-0.4, -0.2) is 11.1 Å². The van der Waals surface area contributed by atoms with E-state index >= 15 is 4.39 Å². The molecule has 1 aliphatic rings. The number of carboxylic acids is 1. The van der Waals surface area contributed by atoms with E-state index in [1.165, 1.54) is 32.1 Å². The summed E-state index contributed by atoms with van der Waals surface area (Å²) in [5.41, 5.74) is -1.62. The number of carboxylic acid groups (broad SMARTS) is 1. The average molecular weight is 483 g/mol. The summed E-state index contributed by atoms with van der Waals surface area (Å²) in [6.07, 6.45) is 10.9.